The standard InChI is InChI=1S/C9H9N3O2S/c1-6-8(15-5-11-6)3-12-2-7(9(13)14)10-4-12/h2,4-5H,3H2,1H3,(H,13,14). The fourth-order valence-electron chi connectivity index (χ4n) is 1.20. The molecule has 0 amide bonds. The van der Waals surface area contributed by atoms with E-state index in [1.165, 1.54) is 12.5 Å². The maximum absolute atomic E-state index is 10.6. The van der Waals surface area contributed by atoms with Gasteiger partial charge in [0.15, 0.2) is 5.69 Å². The molecule has 5 nitrogen and oxygen atoms in total. The summed E-state index contributed by atoms with van der Waals surface area (Å²) in [5, 5.41) is 8.69. The minimum atomic E-state index is -1.00. The Bertz CT molecular complexity index is 489. The summed E-state index contributed by atoms with van der Waals surface area (Å²) in [6.45, 7) is 2.55. The van der Waals surface area contributed by atoms with Crippen LogP contribution >= 0.6 is 11.3 Å². The van der Waals surface area contributed by atoms with Gasteiger partial charge in [0.05, 0.1) is 24.1 Å². The van der Waals surface area contributed by atoms with Gasteiger partial charge in [0.1, 0.15) is 0 Å². The molecule has 0 bridgehead atoms. The van der Waals surface area contributed by atoms with Gasteiger partial charge < -0.3 is 9.67 Å². The average Bonchev–Trinajstić information content (AvgIpc) is 2.77. The molecule has 2 aromatic heterocycles. The molecule has 0 saturated heterocycles. The van der Waals surface area contributed by atoms with Crippen molar-refractivity contribution < 1.29 is 9.90 Å². The third kappa shape index (κ3) is 2.04. The van der Waals surface area contributed by atoms with E-state index in [9.17, 15) is 4.79 Å². The molecule has 78 valence electrons. The largest absolute Gasteiger partial charge is 0.476 e. The summed E-state index contributed by atoms with van der Waals surface area (Å²) < 4.78 is 1.74. The summed E-state index contributed by atoms with van der Waals surface area (Å²) in [5.41, 5.74) is 2.82. The molecule has 0 spiro atoms. The molecule has 1 N–H and O–H groups in total. The van der Waals surface area contributed by atoms with Crippen LogP contribution in [-0.4, -0.2) is 25.6 Å². The van der Waals surface area contributed by atoms with Gasteiger partial charge in [0, 0.05) is 11.1 Å². The summed E-state index contributed by atoms with van der Waals surface area (Å²) in [5.74, 6) is -1.00. The first-order chi connectivity index (χ1) is 7.16. The summed E-state index contributed by atoms with van der Waals surface area (Å²) in [6, 6.07) is 0. The Morgan fingerprint density at radius 1 is 1.60 bits per heavy atom. The van der Waals surface area contributed by atoms with Crippen LogP contribution in [0.1, 0.15) is 21.1 Å². The average molecular weight is 223 g/mol. The van der Waals surface area contributed by atoms with Crippen molar-refractivity contribution in [2.24, 2.45) is 0 Å². The molecule has 0 aliphatic carbocycles. The first-order valence-electron chi connectivity index (χ1n) is 4.31. The van der Waals surface area contributed by atoms with E-state index in [2.05, 4.69) is 9.97 Å². The van der Waals surface area contributed by atoms with Gasteiger partial charge in [-0.2, -0.15) is 0 Å². The number of carbonyl (C=O) groups is 1. The molecule has 0 unspecified atom stereocenters. The van der Waals surface area contributed by atoms with Gasteiger partial charge in [-0.05, 0) is 6.92 Å². The Kier molecular flexibility index (Phi) is 2.51. The topological polar surface area (TPSA) is 68.0 Å². The Morgan fingerprint density at radius 2 is 2.40 bits per heavy atom. The first-order valence-corrected chi connectivity index (χ1v) is 5.19. The molecular formula is C9H9N3O2S. The highest BCUT2D eigenvalue weighted by molar-refractivity contribution is 7.09. The van der Waals surface area contributed by atoms with Gasteiger partial charge in [-0.15, -0.1) is 11.3 Å². The number of rotatable bonds is 3. The fraction of sp³-hybridized carbons (Fsp3) is 0.222. The van der Waals surface area contributed by atoms with Crippen LogP contribution in [-0.2, 0) is 6.54 Å². The number of hydrogen-bond acceptors (Lipinski definition) is 4. The molecular weight excluding hydrogens is 214 g/mol. The molecule has 15 heavy (non-hydrogen) atoms. The number of carboxylic acids is 1. The minimum Gasteiger partial charge on any atom is -0.476 e. The van der Waals surface area contributed by atoms with E-state index in [4.69, 9.17) is 5.11 Å². The van der Waals surface area contributed by atoms with E-state index in [1.807, 2.05) is 6.92 Å². The maximum atomic E-state index is 10.6. The van der Waals surface area contributed by atoms with Crippen LogP contribution < -0.4 is 0 Å². The van der Waals surface area contributed by atoms with E-state index in [1.54, 1.807) is 21.4 Å². The highest BCUT2D eigenvalue weighted by atomic mass is 32.1. The van der Waals surface area contributed by atoms with Gasteiger partial charge in [-0.3, -0.25) is 0 Å². The van der Waals surface area contributed by atoms with E-state index >= 15 is 0 Å². The van der Waals surface area contributed by atoms with Crippen molar-refractivity contribution in [3.8, 4) is 0 Å². The predicted octanol–water partition coefficient (Wildman–Crippen LogP) is 1.39. The van der Waals surface area contributed by atoms with Crippen molar-refractivity contribution in [1.82, 2.24) is 14.5 Å². The van der Waals surface area contributed by atoms with Gasteiger partial charge in [-0.1, -0.05) is 0 Å². The lowest BCUT2D eigenvalue weighted by molar-refractivity contribution is 0.0691. The van der Waals surface area contributed by atoms with Crippen LogP contribution in [0, 0.1) is 6.92 Å². The maximum Gasteiger partial charge on any atom is 0.356 e. The van der Waals surface area contributed by atoms with Crippen LogP contribution in [0.4, 0.5) is 0 Å². The monoisotopic (exact) mass is 223 g/mol. The third-order valence-corrected chi connectivity index (χ3v) is 2.94. The number of hydrogen-bond donors (Lipinski definition) is 1. The molecule has 0 atom stereocenters. The van der Waals surface area contributed by atoms with Crippen LogP contribution in [0.15, 0.2) is 18.0 Å². The second kappa shape index (κ2) is 3.82. The normalized spacial score (nSPS) is 10.5. The Labute approximate surface area is 90.0 Å². The summed E-state index contributed by atoms with van der Waals surface area (Å²) in [6.07, 6.45) is 3.03. The number of nitrogens with zero attached hydrogens (tertiary/aromatic N) is 3. The molecule has 6 heteroatoms. The van der Waals surface area contributed by atoms with Crippen LogP contribution in [0.5, 0.6) is 0 Å². The Balaban J connectivity index is 2.18. The fourth-order valence-corrected chi connectivity index (χ4v) is 1.99. The minimum absolute atomic E-state index is 0.0668. The van der Waals surface area contributed by atoms with Gasteiger partial charge in [-0.25, -0.2) is 14.8 Å². The second-order valence-electron chi connectivity index (χ2n) is 3.10. The first kappa shape index (κ1) is 9.85. The quantitative estimate of drug-likeness (QED) is 0.853. The van der Waals surface area contributed by atoms with Gasteiger partial charge >= 0.3 is 5.97 Å². The van der Waals surface area contributed by atoms with Crippen molar-refractivity contribution in [3.63, 3.8) is 0 Å². The molecule has 0 aromatic carbocycles. The summed E-state index contributed by atoms with van der Waals surface area (Å²) in [4.78, 5) is 19.6. The van der Waals surface area contributed by atoms with Gasteiger partial charge in [0.25, 0.3) is 0 Å². The van der Waals surface area contributed by atoms with Crippen molar-refractivity contribution in [1.29, 1.82) is 0 Å². The summed E-state index contributed by atoms with van der Waals surface area (Å²) >= 11 is 1.55. The smallest absolute Gasteiger partial charge is 0.356 e. The van der Waals surface area contributed by atoms with Crippen molar-refractivity contribution in [2.45, 2.75) is 13.5 Å². The summed E-state index contributed by atoms with van der Waals surface area (Å²) in [7, 11) is 0. The lowest BCUT2D eigenvalue weighted by Crippen LogP contribution is -1.98. The van der Waals surface area contributed by atoms with Gasteiger partial charge in [0.2, 0.25) is 0 Å². The van der Waals surface area contributed by atoms with E-state index in [-0.39, 0.29) is 5.69 Å². The van der Waals surface area contributed by atoms with Crippen molar-refractivity contribution in [2.75, 3.05) is 0 Å². The number of aryl methyl sites for hydroxylation is 1. The van der Waals surface area contributed by atoms with E-state index in [0.29, 0.717) is 6.54 Å². The lowest BCUT2D eigenvalue weighted by Gasteiger charge is -1.98. The van der Waals surface area contributed by atoms with Crippen LogP contribution in [0.25, 0.3) is 0 Å². The Hall–Kier alpha value is -1.69. The number of aromatic carboxylic acids is 1. The molecule has 0 fully saturated rings. The number of thiazole rings is 1. The van der Waals surface area contributed by atoms with Crippen molar-refractivity contribution >= 4 is 17.3 Å². The second-order valence-corrected chi connectivity index (χ2v) is 4.04. The number of aromatic nitrogens is 3. The van der Waals surface area contributed by atoms with Crippen LogP contribution in [0.3, 0.4) is 0 Å². The van der Waals surface area contributed by atoms with E-state index in [0.717, 1.165) is 10.6 Å². The third-order valence-electron chi connectivity index (χ3n) is 2.02. The zero-order valence-electron chi connectivity index (χ0n) is 8.04. The van der Waals surface area contributed by atoms with Crippen molar-refractivity contribution in [3.05, 3.63) is 34.3 Å². The SMILES string of the molecule is Cc1ncsc1Cn1cnc(C(=O)O)c1. The molecule has 0 aliphatic rings. The molecule has 0 radical (unpaired) electrons. The Morgan fingerprint density at radius 3 is 2.93 bits per heavy atom. The molecule has 2 heterocycles. The predicted molar refractivity (Wildman–Crippen MR) is 55.1 cm³/mol. The zero-order valence-corrected chi connectivity index (χ0v) is 8.86. The highest BCUT2D eigenvalue weighted by Gasteiger charge is 2.08. The molecule has 2 rings (SSSR count). The molecule has 2 aromatic rings. The molecule has 0 saturated carbocycles. The number of carboxylic acid groups (broad SMARTS) is 1. The molecule has 0 aliphatic heterocycles. The van der Waals surface area contributed by atoms with E-state index < -0.39 is 5.97 Å². The zero-order chi connectivity index (χ0) is 10.8. The van der Waals surface area contributed by atoms with Crippen LogP contribution in [0.2, 0.25) is 0 Å². The highest BCUT2D eigenvalue weighted by Crippen LogP contribution is 2.13. The number of imidazole rings is 1. The lowest BCUT2D eigenvalue weighted by atomic mass is 10.4.